The molecule has 4 unspecified atom stereocenters. The van der Waals surface area contributed by atoms with Crippen molar-refractivity contribution in [1.29, 1.82) is 0 Å². The zero-order chi connectivity index (χ0) is 13.4. The van der Waals surface area contributed by atoms with E-state index >= 15 is 0 Å². The third-order valence-corrected chi connectivity index (χ3v) is 6.37. The Morgan fingerprint density at radius 1 is 1.35 bits per heavy atom. The number of hydrogen-bond acceptors (Lipinski definition) is 3. The number of methoxy groups -OCH3 is 1. The lowest BCUT2D eigenvalue weighted by Gasteiger charge is -2.70. The summed E-state index contributed by atoms with van der Waals surface area (Å²) < 4.78 is 11.9. The molecule has 3 heterocycles. The lowest BCUT2D eigenvalue weighted by Crippen LogP contribution is -2.80. The van der Waals surface area contributed by atoms with E-state index < -0.39 is 0 Å². The van der Waals surface area contributed by atoms with Gasteiger partial charge in [-0.1, -0.05) is 6.07 Å². The van der Waals surface area contributed by atoms with Gasteiger partial charge in [-0.2, -0.15) is 0 Å². The first-order valence-corrected chi connectivity index (χ1v) is 7.86. The molecule has 106 valence electrons. The van der Waals surface area contributed by atoms with Gasteiger partial charge in [-0.05, 0) is 55.5 Å². The normalized spacial score (nSPS) is 44.0. The second kappa shape index (κ2) is 3.58. The maximum absolute atomic E-state index is 6.45. The van der Waals surface area contributed by atoms with Crippen LogP contribution >= 0.6 is 0 Å². The smallest absolute Gasteiger partial charge is 0.119 e. The summed E-state index contributed by atoms with van der Waals surface area (Å²) in [5.41, 5.74) is 3.34. The largest absolute Gasteiger partial charge is 0.497 e. The van der Waals surface area contributed by atoms with Gasteiger partial charge in [-0.15, -0.1) is 0 Å². The third-order valence-electron chi connectivity index (χ3n) is 6.37. The molecule has 20 heavy (non-hydrogen) atoms. The van der Waals surface area contributed by atoms with Gasteiger partial charge in [0.25, 0.3) is 0 Å². The minimum Gasteiger partial charge on any atom is -0.497 e. The highest BCUT2D eigenvalue weighted by Gasteiger charge is 2.70. The lowest BCUT2D eigenvalue weighted by atomic mass is 9.47. The summed E-state index contributed by atoms with van der Waals surface area (Å²) in [5.74, 6) is 0.992. The molecule has 3 saturated heterocycles. The Morgan fingerprint density at radius 2 is 2.25 bits per heavy atom. The molecule has 6 rings (SSSR count). The molecular formula is C17H21NO2. The van der Waals surface area contributed by atoms with Crippen molar-refractivity contribution >= 4 is 0 Å². The Morgan fingerprint density at radius 3 is 3.10 bits per heavy atom. The SMILES string of the molecule is COc1ccc2c(c1)C13CCNC(C2)C12CC(CC3)O2. The maximum atomic E-state index is 6.45. The van der Waals surface area contributed by atoms with Crippen LogP contribution in [0, 0.1) is 0 Å². The average molecular weight is 271 g/mol. The van der Waals surface area contributed by atoms with Gasteiger partial charge < -0.3 is 14.8 Å². The molecular weight excluding hydrogens is 250 g/mol. The second-order valence-corrected chi connectivity index (χ2v) is 6.94. The second-order valence-electron chi connectivity index (χ2n) is 6.94. The van der Waals surface area contributed by atoms with Crippen LogP contribution < -0.4 is 10.1 Å². The number of nitrogens with one attached hydrogen (secondary N) is 1. The first kappa shape index (κ1) is 11.6. The molecule has 2 aliphatic carbocycles. The van der Waals surface area contributed by atoms with Crippen molar-refractivity contribution in [2.24, 2.45) is 0 Å². The van der Waals surface area contributed by atoms with E-state index in [0.717, 1.165) is 18.7 Å². The number of ether oxygens (including phenoxy) is 2. The molecule has 0 amide bonds. The molecule has 3 aliphatic heterocycles. The van der Waals surface area contributed by atoms with Crippen LogP contribution in [0.1, 0.15) is 36.8 Å². The fourth-order valence-electron chi connectivity index (χ4n) is 5.49. The fourth-order valence-corrected chi connectivity index (χ4v) is 5.49. The van der Waals surface area contributed by atoms with Crippen LogP contribution in [0.15, 0.2) is 18.2 Å². The van der Waals surface area contributed by atoms with E-state index in [1.807, 2.05) is 0 Å². The van der Waals surface area contributed by atoms with Crippen molar-refractivity contribution in [2.45, 2.75) is 55.3 Å². The Balaban J connectivity index is 1.75. The summed E-state index contributed by atoms with van der Waals surface area (Å²) in [4.78, 5) is 0. The first-order chi connectivity index (χ1) is 9.77. The molecule has 1 N–H and O–H groups in total. The zero-order valence-electron chi connectivity index (χ0n) is 11.9. The number of rotatable bonds is 1. The predicted octanol–water partition coefficient (Wildman–Crippen LogP) is 2.17. The predicted molar refractivity (Wildman–Crippen MR) is 76.2 cm³/mol. The zero-order valence-corrected chi connectivity index (χ0v) is 11.9. The Hall–Kier alpha value is -1.06. The van der Waals surface area contributed by atoms with Crippen LogP contribution in [0.2, 0.25) is 0 Å². The lowest BCUT2D eigenvalue weighted by molar-refractivity contribution is -0.302. The summed E-state index contributed by atoms with van der Waals surface area (Å²) in [7, 11) is 1.76. The maximum Gasteiger partial charge on any atom is 0.119 e. The van der Waals surface area contributed by atoms with E-state index in [4.69, 9.17) is 9.47 Å². The van der Waals surface area contributed by atoms with E-state index in [0.29, 0.717) is 12.1 Å². The number of piperidine rings is 1. The van der Waals surface area contributed by atoms with Gasteiger partial charge in [0, 0.05) is 17.9 Å². The Bertz CT molecular complexity index is 574. The quantitative estimate of drug-likeness (QED) is 0.849. The van der Waals surface area contributed by atoms with E-state index in [1.54, 1.807) is 7.11 Å². The van der Waals surface area contributed by atoms with Gasteiger partial charge in [0.15, 0.2) is 0 Å². The van der Waals surface area contributed by atoms with Crippen LogP contribution in [0.25, 0.3) is 0 Å². The van der Waals surface area contributed by atoms with E-state index in [2.05, 4.69) is 23.5 Å². The molecule has 1 aromatic rings. The molecule has 0 radical (unpaired) electrons. The van der Waals surface area contributed by atoms with Gasteiger partial charge in [0.2, 0.25) is 0 Å². The van der Waals surface area contributed by atoms with Gasteiger partial charge in [0.05, 0.1) is 18.8 Å². The molecule has 4 bridgehead atoms. The molecule has 1 saturated carbocycles. The van der Waals surface area contributed by atoms with Gasteiger partial charge in [-0.3, -0.25) is 0 Å². The molecule has 1 aromatic carbocycles. The Labute approximate surface area is 119 Å². The molecule has 3 heteroatoms. The van der Waals surface area contributed by atoms with E-state index in [1.165, 1.54) is 36.8 Å². The van der Waals surface area contributed by atoms with Gasteiger partial charge in [-0.25, -0.2) is 0 Å². The van der Waals surface area contributed by atoms with Gasteiger partial charge in [0.1, 0.15) is 5.75 Å². The van der Waals surface area contributed by atoms with Crippen molar-refractivity contribution in [3.8, 4) is 5.75 Å². The third kappa shape index (κ3) is 1.12. The van der Waals surface area contributed by atoms with Crippen LogP contribution in [-0.4, -0.2) is 31.4 Å². The molecule has 1 spiro atoms. The van der Waals surface area contributed by atoms with Crippen LogP contribution in [0.3, 0.4) is 0 Å². The topological polar surface area (TPSA) is 30.5 Å². The highest BCUT2D eigenvalue weighted by Crippen LogP contribution is 2.64. The standard InChI is InChI=1S/C17H21NO2/c1-19-12-3-2-11-8-15-17-10-13(20-17)4-5-16(17,6-7-18-15)14(11)9-12/h2-3,9,13,15,18H,4-8,10H2,1H3. The van der Waals surface area contributed by atoms with Gasteiger partial charge >= 0.3 is 0 Å². The van der Waals surface area contributed by atoms with E-state index in [9.17, 15) is 0 Å². The summed E-state index contributed by atoms with van der Waals surface area (Å²) in [6.45, 7) is 1.12. The summed E-state index contributed by atoms with van der Waals surface area (Å²) in [6.07, 6.45) is 6.60. The average Bonchev–Trinajstić information content (AvgIpc) is 2.45. The number of benzene rings is 1. The molecule has 0 aromatic heterocycles. The molecule has 5 aliphatic rings. The Kier molecular flexibility index (Phi) is 2.07. The van der Waals surface area contributed by atoms with Crippen molar-refractivity contribution in [3.05, 3.63) is 29.3 Å². The van der Waals surface area contributed by atoms with Crippen LogP contribution in [0.5, 0.6) is 5.75 Å². The minimum absolute atomic E-state index is 0.0769. The number of hydrogen-bond donors (Lipinski definition) is 1. The van der Waals surface area contributed by atoms with Crippen molar-refractivity contribution in [2.75, 3.05) is 13.7 Å². The van der Waals surface area contributed by atoms with Crippen molar-refractivity contribution in [1.82, 2.24) is 5.32 Å². The highest BCUT2D eigenvalue weighted by molar-refractivity contribution is 5.49. The summed E-state index contributed by atoms with van der Waals surface area (Å²) in [5, 5.41) is 3.74. The minimum atomic E-state index is 0.0769. The monoisotopic (exact) mass is 271 g/mol. The highest BCUT2D eigenvalue weighted by atomic mass is 16.5. The van der Waals surface area contributed by atoms with Crippen molar-refractivity contribution in [3.63, 3.8) is 0 Å². The van der Waals surface area contributed by atoms with Crippen LogP contribution in [-0.2, 0) is 16.6 Å². The molecule has 3 nitrogen and oxygen atoms in total. The summed E-state index contributed by atoms with van der Waals surface area (Å²) >= 11 is 0. The molecule has 4 fully saturated rings. The van der Waals surface area contributed by atoms with Crippen LogP contribution in [0.4, 0.5) is 0 Å². The fraction of sp³-hybridized carbons (Fsp3) is 0.647. The first-order valence-electron chi connectivity index (χ1n) is 7.86. The number of fused-ring (bicyclic) bond motifs is 2. The molecule has 4 atom stereocenters. The summed E-state index contributed by atoms with van der Waals surface area (Å²) in [6, 6.07) is 7.18. The van der Waals surface area contributed by atoms with E-state index in [-0.39, 0.29) is 11.0 Å². The van der Waals surface area contributed by atoms with Crippen molar-refractivity contribution < 1.29 is 9.47 Å².